The number of anilines is 2. The number of amides is 2. The first-order valence-electron chi connectivity index (χ1n) is 8.02. The molecule has 130 valence electrons. The highest BCUT2D eigenvalue weighted by Gasteiger charge is 2.39. The molecule has 0 saturated heterocycles. The summed E-state index contributed by atoms with van der Waals surface area (Å²) in [5.74, 6) is -0.361. The number of hydrogen-bond acceptors (Lipinski definition) is 3. The van der Waals surface area contributed by atoms with Crippen molar-refractivity contribution >= 4 is 23.2 Å². The molecule has 1 aliphatic heterocycles. The smallest absolute Gasteiger partial charge is 0.259 e. The maximum absolute atomic E-state index is 13.8. The van der Waals surface area contributed by atoms with Crippen LogP contribution in [0.3, 0.4) is 0 Å². The molecule has 2 aromatic carbocycles. The molecule has 0 N–H and O–H groups in total. The minimum atomic E-state index is -0.672. The Morgan fingerprint density at radius 3 is 2.44 bits per heavy atom. The summed E-state index contributed by atoms with van der Waals surface area (Å²) < 4.78 is 18.9. The number of methoxy groups -OCH3 is 1. The molecule has 0 spiro atoms. The van der Waals surface area contributed by atoms with Gasteiger partial charge in [-0.15, -0.1) is 0 Å². The van der Waals surface area contributed by atoms with E-state index in [-0.39, 0.29) is 11.8 Å². The maximum atomic E-state index is 13.8. The molecule has 0 aromatic heterocycles. The Hall–Kier alpha value is -2.89. The van der Waals surface area contributed by atoms with Crippen molar-refractivity contribution in [2.24, 2.45) is 0 Å². The molecule has 1 aliphatic rings. The monoisotopic (exact) mass is 342 g/mol. The van der Waals surface area contributed by atoms with Gasteiger partial charge in [0, 0.05) is 12.6 Å². The first kappa shape index (κ1) is 17.0. The molecular formula is C19H19FN2O3. The van der Waals surface area contributed by atoms with Gasteiger partial charge in [-0.05, 0) is 48.9 Å². The van der Waals surface area contributed by atoms with Crippen LogP contribution >= 0.6 is 0 Å². The van der Waals surface area contributed by atoms with E-state index >= 15 is 0 Å². The lowest BCUT2D eigenvalue weighted by atomic mass is 10.0. The Bertz CT molecular complexity index is 820. The highest BCUT2D eigenvalue weighted by Crippen LogP contribution is 2.37. The van der Waals surface area contributed by atoms with Gasteiger partial charge in [-0.2, -0.15) is 0 Å². The first-order valence-corrected chi connectivity index (χ1v) is 8.02. The second-order valence-corrected chi connectivity index (χ2v) is 5.86. The van der Waals surface area contributed by atoms with E-state index in [0.717, 1.165) is 0 Å². The van der Waals surface area contributed by atoms with Crippen LogP contribution < -0.4 is 14.5 Å². The normalized spacial score (nSPS) is 16.6. The minimum absolute atomic E-state index is 0.191. The van der Waals surface area contributed by atoms with E-state index in [0.29, 0.717) is 29.1 Å². The van der Waals surface area contributed by atoms with Crippen molar-refractivity contribution in [2.75, 3.05) is 24.0 Å². The fraction of sp³-hybridized carbons (Fsp3) is 0.263. The van der Waals surface area contributed by atoms with Crippen LogP contribution in [0.4, 0.5) is 15.8 Å². The lowest BCUT2D eigenvalue weighted by Gasteiger charge is -2.40. The van der Waals surface area contributed by atoms with E-state index in [1.54, 1.807) is 38.4 Å². The van der Waals surface area contributed by atoms with Crippen molar-refractivity contribution in [3.05, 3.63) is 53.8 Å². The van der Waals surface area contributed by atoms with E-state index in [9.17, 15) is 14.0 Å². The average Bonchev–Trinajstić information content (AvgIpc) is 2.63. The molecule has 2 aromatic rings. The Kier molecular flexibility index (Phi) is 4.44. The van der Waals surface area contributed by atoms with E-state index in [4.69, 9.17) is 4.74 Å². The van der Waals surface area contributed by atoms with E-state index < -0.39 is 11.9 Å². The summed E-state index contributed by atoms with van der Waals surface area (Å²) >= 11 is 0. The molecule has 5 nitrogen and oxygen atoms in total. The number of carbonyl (C=O) groups is 2. The Morgan fingerprint density at radius 2 is 1.84 bits per heavy atom. The molecule has 1 heterocycles. The third-order valence-electron chi connectivity index (χ3n) is 4.43. The third-order valence-corrected chi connectivity index (χ3v) is 4.43. The summed E-state index contributed by atoms with van der Waals surface area (Å²) in [6.45, 7) is 1.83. The lowest BCUT2D eigenvalue weighted by Crippen LogP contribution is -2.54. The largest absolute Gasteiger partial charge is 0.497 e. The molecule has 0 radical (unpaired) electrons. The Morgan fingerprint density at radius 1 is 1.16 bits per heavy atom. The van der Waals surface area contributed by atoms with Crippen LogP contribution in [-0.4, -0.2) is 32.0 Å². The predicted octanol–water partition coefficient (Wildman–Crippen LogP) is 3.24. The van der Waals surface area contributed by atoms with Crippen LogP contribution in [-0.2, 0) is 4.79 Å². The predicted molar refractivity (Wildman–Crippen MR) is 93.7 cm³/mol. The Balaban J connectivity index is 2.10. The van der Waals surface area contributed by atoms with Gasteiger partial charge in [0.05, 0.1) is 18.5 Å². The number of fused-ring (bicyclic) bond motifs is 1. The van der Waals surface area contributed by atoms with Gasteiger partial charge in [0.2, 0.25) is 5.91 Å². The SMILES string of the molecule is CC[C@@H]1C(=O)N(C)c2ccc(F)cc2N1C(=O)c1ccc(OC)cc1. The number of ether oxygens (including phenoxy) is 1. The van der Waals surface area contributed by atoms with Crippen molar-refractivity contribution in [1.29, 1.82) is 0 Å². The van der Waals surface area contributed by atoms with Crippen molar-refractivity contribution in [3.8, 4) is 5.75 Å². The maximum Gasteiger partial charge on any atom is 0.259 e. The van der Waals surface area contributed by atoms with E-state index in [1.165, 1.54) is 28.0 Å². The van der Waals surface area contributed by atoms with Gasteiger partial charge in [0.1, 0.15) is 17.6 Å². The molecule has 1 atom stereocenters. The van der Waals surface area contributed by atoms with Crippen LogP contribution in [0.5, 0.6) is 5.75 Å². The number of rotatable bonds is 3. The quantitative estimate of drug-likeness (QED) is 0.860. The van der Waals surface area contributed by atoms with Crippen molar-refractivity contribution < 1.29 is 18.7 Å². The molecule has 0 bridgehead atoms. The number of likely N-dealkylation sites (N-methyl/N-ethyl adjacent to an activating group) is 1. The van der Waals surface area contributed by atoms with Crippen molar-refractivity contribution in [3.63, 3.8) is 0 Å². The van der Waals surface area contributed by atoms with Gasteiger partial charge in [-0.3, -0.25) is 14.5 Å². The summed E-state index contributed by atoms with van der Waals surface area (Å²) in [5.41, 5.74) is 1.32. The van der Waals surface area contributed by atoms with Gasteiger partial charge in [-0.1, -0.05) is 6.92 Å². The number of benzene rings is 2. The number of hydrogen-bond donors (Lipinski definition) is 0. The molecule has 0 unspecified atom stereocenters. The van der Waals surface area contributed by atoms with Crippen LogP contribution in [0.25, 0.3) is 0 Å². The molecule has 0 aliphatic carbocycles. The molecule has 6 heteroatoms. The van der Waals surface area contributed by atoms with Crippen LogP contribution in [0, 0.1) is 5.82 Å². The zero-order valence-corrected chi connectivity index (χ0v) is 14.3. The molecule has 0 saturated carbocycles. The second kappa shape index (κ2) is 6.55. The summed E-state index contributed by atoms with van der Waals surface area (Å²) in [6, 6.07) is 10.0. The van der Waals surface area contributed by atoms with E-state index in [1.807, 2.05) is 6.92 Å². The first-order chi connectivity index (χ1) is 12.0. The highest BCUT2D eigenvalue weighted by molar-refractivity contribution is 6.17. The van der Waals surface area contributed by atoms with Crippen molar-refractivity contribution in [2.45, 2.75) is 19.4 Å². The summed E-state index contributed by atoms with van der Waals surface area (Å²) in [7, 11) is 3.18. The minimum Gasteiger partial charge on any atom is -0.497 e. The van der Waals surface area contributed by atoms with Crippen molar-refractivity contribution in [1.82, 2.24) is 0 Å². The highest BCUT2D eigenvalue weighted by atomic mass is 19.1. The zero-order chi connectivity index (χ0) is 18.1. The average molecular weight is 342 g/mol. The Labute approximate surface area is 145 Å². The second-order valence-electron chi connectivity index (χ2n) is 5.86. The molecule has 0 fully saturated rings. The number of halogens is 1. The standard InChI is InChI=1S/C19H19FN2O3/c1-4-15-19(24)21(2)16-10-7-13(20)11-17(16)22(15)18(23)12-5-8-14(25-3)9-6-12/h5-11,15H,4H2,1-3H3/t15-/m1/s1. The third kappa shape index (κ3) is 2.84. The number of carbonyl (C=O) groups excluding carboxylic acids is 2. The van der Waals surface area contributed by atoms with Crippen LogP contribution in [0.2, 0.25) is 0 Å². The van der Waals surface area contributed by atoms with E-state index in [2.05, 4.69) is 0 Å². The topological polar surface area (TPSA) is 49.9 Å². The summed E-state index contributed by atoms with van der Waals surface area (Å²) in [6.07, 6.45) is 0.432. The summed E-state index contributed by atoms with van der Waals surface area (Å²) in [4.78, 5) is 28.6. The van der Waals surface area contributed by atoms with Crippen LogP contribution in [0.1, 0.15) is 23.7 Å². The molecule has 2 amide bonds. The van der Waals surface area contributed by atoms with Crippen LogP contribution in [0.15, 0.2) is 42.5 Å². The van der Waals surface area contributed by atoms with Gasteiger partial charge < -0.3 is 9.64 Å². The number of nitrogens with zero attached hydrogens (tertiary/aromatic N) is 2. The molecule has 25 heavy (non-hydrogen) atoms. The van der Waals surface area contributed by atoms with Gasteiger partial charge in [-0.25, -0.2) is 4.39 Å². The molecular weight excluding hydrogens is 323 g/mol. The fourth-order valence-electron chi connectivity index (χ4n) is 3.07. The molecule has 3 rings (SSSR count). The fourth-order valence-corrected chi connectivity index (χ4v) is 3.07. The van der Waals surface area contributed by atoms with Gasteiger partial charge in [0.25, 0.3) is 5.91 Å². The zero-order valence-electron chi connectivity index (χ0n) is 14.3. The lowest BCUT2D eigenvalue weighted by molar-refractivity contribution is -0.119. The van der Waals surface area contributed by atoms with Gasteiger partial charge in [0.15, 0.2) is 0 Å². The van der Waals surface area contributed by atoms with Gasteiger partial charge >= 0.3 is 0 Å². The summed E-state index contributed by atoms with van der Waals surface area (Å²) in [5, 5.41) is 0.